The number of carbonyl (C=O) groups excluding carboxylic acids is 1. The van der Waals surface area contributed by atoms with Crippen LogP contribution < -0.4 is 10.6 Å². The van der Waals surface area contributed by atoms with Crippen LogP contribution in [0.15, 0.2) is 0 Å². The molecule has 0 aromatic carbocycles. The molecule has 4 nitrogen and oxygen atoms in total. The van der Waals surface area contributed by atoms with Crippen LogP contribution in [-0.4, -0.2) is 36.8 Å². The van der Waals surface area contributed by atoms with Gasteiger partial charge in [-0.25, -0.2) is 0 Å². The molecule has 12 heavy (non-hydrogen) atoms. The zero-order valence-corrected chi connectivity index (χ0v) is 7.34. The maximum absolute atomic E-state index is 11.4. The van der Waals surface area contributed by atoms with Gasteiger partial charge in [-0.2, -0.15) is 0 Å². The largest absolute Gasteiger partial charge is 0.395 e. The van der Waals surface area contributed by atoms with Gasteiger partial charge in [0.1, 0.15) is 0 Å². The third-order valence-corrected chi connectivity index (χ3v) is 2.27. The Balaban J connectivity index is 2.30. The summed E-state index contributed by atoms with van der Waals surface area (Å²) in [5.41, 5.74) is 0. The van der Waals surface area contributed by atoms with Crippen molar-refractivity contribution in [3.8, 4) is 0 Å². The number of amides is 1. The molecular formula is C8H16N2O2. The fourth-order valence-corrected chi connectivity index (χ4v) is 1.53. The molecule has 1 aliphatic heterocycles. The fraction of sp³-hybridized carbons (Fsp3) is 0.875. The lowest BCUT2D eigenvalue weighted by atomic mass is 10.0. The molecule has 0 saturated carbocycles. The van der Waals surface area contributed by atoms with E-state index in [-0.39, 0.29) is 24.5 Å². The lowest BCUT2D eigenvalue weighted by Gasteiger charge is -2.13. The van der Waals surface area contributed by atoms with Gasteiger partial charge in [-0.15, -0.1) is 0 Å². The van der Waals surface area contributed by atoms with Crippen LogP contribution in [0, 0.1) is 5.92 Å². The molecule has 1 saturated heterocycles. The molecule has 0 radical (unpaired) electrons. The van der Waals surface area contributed by atoms with E-state index in [9.17, 15) is 4.79 Å². The molecule has 0 bridgehead atoms. The van der Waals surface area contributed by atoms with Crippen molar-refractivity contribution in [2.45, 2.75) is 19.4 Å². The topological polar surface area (TPSA) is 61.4 Å². The number of carbonyl (C=O) groups is 1. The van der Waals surface area contributed by atoms with Gasteiger partial charge in [-0.3, -0.25) is 4.79 Å². The first-order valence-electron chi connectivity index (χ1n) is 4.37. The van der Waals surface area contributed by atoms with E-state index in [1.54, 1.807) is 0 Å². The molecule has 0 spiro atoms. The molecule has 2 atom stereocenters. The van der Waals surface area contributed by atoms with Gasteiger partial charge in [0.15, 0.2) is 0 Å². The molecule has 2 unspecified atom stereocenters. The molecular weight excluding hydrogens is 156 g/mol. The zero-order chi connectivity index (χ0) is 8.97. The molecule has 4 heteroatoms. The standard InChI is InChI=1S/C8H16N2O2/c1-6-7(2-3-9-6)8(12)10-4-5-11/h6-7,9,11H,2-5H2,1H3,(H,10,12). The predicted molar refractivity (Wildman–Crippen MR) is 45.7 cm³/mol. The van der Waals surface area contributed by atoms with Gasteiger partial charge in [-0.05, 0) is 19.9 Å². The Bertz CT molecular complexity index is 161. The van der Waals surface area contributed by atoms with Crippen LogP contribution in [0.1, 0.15) is 13.3 Å². The van der Waals surface area contributed by atoms with Gasteiger partial charge < -0.3 is 15.7 Å². The monoisotopic (exact) mass is 172 g/mol. The Labute approximate surface area is 72.3 Å². The second-order valence-corrected chi connectivity index (χ2v) is 3.15. The smallest absolute Gasteiger partial charge is 0.224 e. The summed E-state index contributed by atoms with van der Waals surface area (Å²) in [6.45, 7) is 3.30. The summed E-state index contributed by atoms with van der Waals surface area (Å²) >= 11 is 0. The molecule has 1 fully saturated rings. The Morgan fingerprint density at radius 3 is 3.00 bits per heavy atom. The minimum Gasteiger partial charge on any atom is -0.395 e. The molecule has 1 aliphatic rings. The van der Waals surface area contributed by atoms with Crippen molar-refractivity contribution < 1.29 is 9.90 Å². The van der Waals surface area contributed by atoms with Gasteiger partial charge in [0.05, 0.1) is 12.5 Å². The average Bonchev–Trinajstić information content (AvgIpc) is 2.47. The summed E-state index contributed by atoms with van der Waals surface area (Å²) in [6.07, 6.45) is 0.901. The number of hydrogen-bond acceptors (Lipinski definition) is 3. The summed E-state index contributed by atoms with van der Waals surface area (Å²) in [5, 5.41) is 14.4. The van der Waals surface area contributed by atoms with Crippen LogP contribution in [0.4, 0.5) is 0 Å². The van der Waals surface area contributed by atoms with Crippen molar-refractivity contribution in [1.82, 2.24) is 10.6 Å². The molecule has 1 rings (SSSR count). The first-order chi connectivity index (χ1) is 5.75. The van der Waals surface area contributed by atoms with Crippen molar-refractivity contribution in [2.75, 3.05) is 19.7 Å². The lowest BCUT2D eigenvalue weighted by Crippen LogP contribution is -2.37. The van der Waals surface area contributed by atoms with Crippen molar-refractivity contribution in [3.63, 3.8) is 0 Å². The molecule has 1 amide bonds. The molecule has 0 aromatic heterocycles. The zero-order valence-electron chi connectivity index (χ0n) is 7.34. The fourth-order valence-electron chi connectivity index (χ4n) is 1.53. The van der Waals surface area contributed by atoms with E-state index in [0.29, 0.717) is 6.54 Å². The van der Waals surface area contributed by atoms with Crippen LogP contribution in [0.5, 0.6) is 0 Å². The van der Waals surface area contributed by atoms with Crippen LogP contribution in [-0.2, 0) is 4.79 Å². The van der Waals surface area contributed by atoms with Gasteiger partial charge >= 0.3 is 0 Å². The van der Waals surface area contributed by atoms with Crippen LogP contribution in [0.25, 0.3) is 0 Å². The van der Waals surface area contributed by atoms with Crippen molar-refractivity contribution in [1.29, 1.82) is 0 Å². The van der Waals surface area contributed by atoms with E-state index in [0.717, 1.165) is 13.0 Å². The maximum Gasteiger partial charge on any atom is 0.224 e. The average molecular weight is 172 g/mol. The van der Waals surface area contributed by atoms with Gasteiger partial charge in [-0.1, -0.05) is 0 Å². The first kappa shape index (κ1) is 9.48. The Kier molecular flexibility index (Phi) is 3.49. The Morgan fingerprint density at radius 1 is 1.75 bits per heavy atom. The van der Waals surface area contributed by atoms with Crippen LogP contribution in [0.3, 0.4) is 0 Å². The van der Waals surface area contributed by atoms with Crippen LogP contribution >= 0.6 is 0 Å². The minimum absolute atomic E-state index is 0.0142. The van der Waals surface area contributed by atoms with Crippen molar-refractivity contribution in [2.24, 2.45) is 5.92 Å². The van der Waals surface area contributed by atoms with Crippen molar-refractivity contribution in [3.05, 3.63) is 0 Å². The van der Waals surface area contributed by atoms with E-state index in [1.165, 1.54) is 0 Å². The molecule has 3 N–H and O–H groups in total. The van der Waals surface area contributed by atoms with E-state index < -0.39 is 0 Å². The molecule has 0 aliphatic carbocycles. The van der Waals surface area contributed by atoms with Gasteiger partial charge in [0.25, 0.3) is 0 Å². The molecule has 1 heterocycles. The first-order valence-corrected chi connectivity index (χ1v) is 4.37. The number of nitrogens with one attached hydrogen (secondary N) is 2. The molecule has 0 aromatic rings. The quantitative estimate of drug-likeness (QED) is 0.516. The van der Waals surface area contributed by atoms with E-state index >= 15 is 0 Å². The summed E-state index contributed by atoms with van der Waals surface area (Å²) in [6, 6.07) is 0.267. The van der Waals surface area contributed by atoms with E-state index in [2.05, 4.69) is 10.6 Å². The summed E-state index contributed by atoms with van der Waals surface area (Å²) in [7, 11) is 0. The highest BCUT2D eigenvalue weighted by atomic mass is 16.3. The Morgan fingerprint density at radius 2 is 2.50 bits per heavy atom. The highest BCUT2D eigenvalue weighted by Gasteiger charge is 2.28. The van der Waals surface area contributed by atoms with E-state index in [1.807, 2.05) is 6.92 Å². The SMILES string of the molecule is CC1NCCC1C(=O)NCCO. The third kappa shape index (κ3) is 2.19. The lowest BCUT2D eigenvalue weighted by molar-refractivity contribution is -0.125. The third-order valence-electron chi connectivity index (χ3n) is 2.27. The number of hydrogen-bond donors (Lipinski definition) is 3. The Hall–Kier alpha value is -0.610. The normalized spacial score (nSPS) is 28.8. The molecule has 70 valence electrons. The van der Waals surface area contributed by atoms with Gasteiger partial charge in [0, 0.05) is 12.6 Å². The highest BCUT2D eigenvalue weighted by molar-refractivity contribution is 5.79. The van der Waals surface area contributed by atoms with Crippen molar-refractivity contribution >= 4 is 5.91 Å². The second kappa shape index (κ2) is 4.42. The number of aliphatic hydroxyl groups is 1. The van der Waals surface area contributed by atoms with Gasteiger partial charge in [0.2, 0.25) is 5.91 Å². The summed E-state index contributed by atoms with van der Waals surface area (Å²) < 4.78 is 0. The number of rotatable bonds is 3. The van der Waals surface area contributed by atoms with E-state index in [4.69, 9.17) is 5.11 Å². The maximum atomic E-state index is 11.4. The number of aliphatic hydroxyl groups excluding tert-OH is 1. The highest BCUT2D eigenvalue weighted by Crippen LogP contribution is 2.14. The van der Waals surface area contributed by atoms with Crippen LogP contribution in [0.2, 0.25) is 0 Å². The second-order valence-electron chi connectivity index (χ2n) is 3.15. The summed E-state index contributed by atoms with van der Waals surface area (Å²) in [4.78, 5) is 11.4. The summed E-state index contributed by atoms with van der Waals surface area (Å²) in [5.74, 6) is 0.137. The predicted octanol–water partition coefficient (Wildman–Crippen LogP) is -0.907. The minimum atomic E-state index is 0.0142.